The summed E-state index contributed by atoms with van der Waals surface area (Å²) in [7, 11) is 0. The number of hydrogen-bond acceptors (Lipinski definition) is 3. The third-order valence-electron chi connectivity index (χ3n) is 2.20. The second kappa shape index (κ2) is 3.17. The van der Waals surface area contributed by atoms with Gasteiger partial charge in [0.15, 0.2) is 0 Å². The van der Waals surface area contributed by atoms with Crippen molar-refractivity contribution in [2.45, 2.75) is 12.5 Å². The summed E-state index contributed by atoms with van der Waals surface area (Å²) in [5.74, 6) is 0. The third-order valence-corrected chi connectivity index (χ3v) is 3.32. The summed E-state index contributed by atoms with van der Waals surface area (Å²) >= 11 is 1.76. The van der Waals surface area contributed by atoms with Gasteiger partial charge in [-0.3, -0.25) is 0 Å². The number of thiophene rings is 1. The van der Waals surface area contributed by atoms with E-state index in [1.54, 1.807) is 11.3 Å². The lowest BCUT2D eigenvalue weighted by atomic mass is 10.0. The second-order valence-corrected chi connectivity index (χ2v) is 4.18. The second-order valence-electron chi connectivity index (χ2n) is 3.23. The highest BCUT2D eigenvalue weighted by atomic mass is 32.1. The zero-order valence-corrected chi connectivity index (χ0v) is 7.99. The summed E-state index contributed by atoms with van der Waals surface area (Å²) in [6, 6.07) is 4.21. The molecule has 1 unspecified atom stereocenters. The Morgan fingerprint density at radius 2 is 2.58 bits per heavy atom. The number of nitrogens with one attached hydrogen (secondary N) is 1. The Labute approximate surface area is 76.6 Å². The van der Waals surface area contributed by atoms with Gasteiger partial charge in [0.2, 0.25) is 0 Å². The zero-order valence-electron chi connectivity index (χ0n) is 7.17. The first-order chi connectivity index (χ1) is 5.81. The molecule has 1 aliphatic heterocycles. The van der Waals surface area contributed by atoms with Crippen molar-refractivity contribution in [3.8, 4) is 0 Å². The first-order valence-electron chi connectivity index (χ1n) is 4.20. The smallest absolute Gasteiger partial charge is 0.112 e. The van der Waals surface area contributed by atoms with Crippen molar-refractivity contribution in [1.29, 1.82) is 0 Å². The zero-order chi connectivity index (χ0) is 8.44. The highest BCUT2D eigenvalue weighted by Gasteiger charge is 2.30. The van der Waals surface area contributed by atoms with Gasteiger partial charge in [-0.2, -0.15) is 0 Å². The predicted molar refractivity (Wildman–Crippen MR) is 50.5 cm³/mol. The molecule has 3 heteroatoms. The van der Waals surface area contributed by atoms with E-state index in [1.807, 2.05) is 0 Å². The van der Waals surface area contributed by atoms with E-state index in [4.69, 9.17) is 4.74 Å². The summed E-state index contributed by atoms with van der Waals surface area (Å²) in [5.41, 5.74) is -0.0909. The molecular weight excluding hydrogens is 170 g/mol. The fourth-order valence-electron chi connectivity index (χ4n) is 1.46. The quantitative estimate of drug-likeness (QED) is 0.714. The van der Waals surface area contributed by atoms with E-state index < -0.39 is 0 Å². The number of ether oxygens (including phenoxy) is 1. The van der Waals surface area contributed by atoms with Gasteiger partial charge in [-0.25, -0.2) is 0 Å². The molecule has 66 valence electrons. The van der Waals surface area contributed by atoms with Gasteiger partial charge in [0.25, 0.3) is 0 Å². The van der Waals surface area contributed by atoms with E-state index in [-0.39, 0.29) is 5.60 Å². The Hall–Kier alpha value is -0.380. The van der Waals surface area contributed by atoms with Crippen LogP contribution in [0.4, 0.5) is 0 Å². The van der Waals surface area contributed by atoms with Crippen LogP contribution in [0, 0.1) is 0 Å². The first kappa shape index (κ1) is 8.23. The highest BCUT2D eigenvalue weighted by molar-refractivity contribution is 7.10. The molecule has 1 atom stereocenters. The van der Waals surface area contributed by atoms with E-state index in [0.29, 0.717) is 0 Å². The van der Waals surface area contributed by atoms with Crippen molar-refractivity contribution in [3.63, 3.8) is 0 Å². The predicted octanol–water partition coefficient (Wildman–Crippen LogP) is 1.58. The molecule has 2 rings (SSSR count). The Morgan fingerprint density at radius 1 is 1.67 bits per heavy atom. The normalized spacial score (nSPS) is 30.4. The fourth-order valence-corrected chi connectivity index (χ4v) is 2.31. The van der Waals surface area contributed by atoms with Crippen LogP contribution in [-0.2, 0) is 10.3 Å². The maximum Gasteiger partial charge on any atom is 0.112 e. The van der Waals surface area contributed by atoms with Crippen LogP contribution >= 0.6 is 11.3 Å². The van der Waals surface area contributed by atoms with Crippen molar-refractivity contribution < 1.29 is 4.74 Å². The summed E-state index contributed by atoms with van der Waals surface area (Å²) in [5, 5.41) is 5.44. The molecule has 0 aliphatic carbocycles. The van der Waals surface area contributed by atoms with Gasteiger partial charge in [0.05, 0.1) is 6.61 Å². The van der Waals surface area contributed by atoms with Gasteiger partial charge in [-0.1, -0.05) is 6.07 Å². The van der Waals surface area contributed by atoms with Crippen LogP contribution in [0.2, 0.25) is 0 Å². The molecular formula is C9H13NOS. The minimum Gasteiger partial charge on any atom is -0.367 e. The van der Waals surface area contributed by atoms with Gasteiger partial charge in [0.1, 0.15) is 5.60 Å². The average molecular weight is 183 g/mol. The molecule has 1 aromatic rings. The summed E-state index contributed by atoms with van der Waals surface area (Å²) < 4.78 is 5.76. The highest BCUT2D eigenvalue weighted by Crippen LogP contribution is 2.29. The van der Waals surface area contributed by atoms with Crippen LogP contribution < -0.4 is 5.32 Å². The molecule has 0 radical (unpaired) electrons. The van der Waals surface area contributed by atoms with Crippen LogP contribution in [0.5, 0.6) is 0 Å². The Kier molecular flexibility index (Phi) is 2.17. The molecule has 1 aliphatic rings. The Morgan fingerprint density at radius 3 is 3.17 bits per heavy atom. The van der Waals surface area contributed by atoms with E-state index in [1.165, 1.54) is 4.88 Å². The molecule has 2 nitrogen and oxygen atoms in total. The topological polar surface area (TPSA) is 21.3 Å². The average Bonchev–Trinajstić information content (AvgIpc) is 2.58. The van der Waals surface area contributed by atoms with Crippen molar-refractivity contribution in [3.05, 3.63) is 22.4 Å². The van der Waals surface area contributed by atoms with Crippen LogP contribution in [-0.4, -0.2) is 19.7 Å². The van der Waals surface area contributed by atoms with Crippen molar-refractivity contribution in [1.82, 2.24) is 5.32 Å². The molecule has 12 heavy (non-hydrogen) atoms. The lowest BCUT2D eigenvalue weighted by Gasteiger charge is -2.33. The Balaban J connectivity index is 2.19. The van der Waals surface area contributed by atoms with Crippen LogP contribution in [0.3, 0.4) is 0 Å². The summed E-state index contributed by atoms with van der Waals surface area (Å²) in [6.07, 6.45) is 0. The van der Waals surface area contributed by atoms with E-state index in [0.717, 1.165) is 19.7 Å². The molecule has 0 spiro atoms. The van der Waals surface area contributed by atoms with Gasteiger partial charge in [0, 0.05) is 18.0 Å². The first-order valence-corrected chi connectivity index (χ1v) is 5.08. The van der Waals surface area contributed by atoms with Crippen LogP contribution in [0.25, 0.3) is 0 Å². The number of rotatable bonds is 1. The summed E-state index contributed by atoms with van der Waals surface area (Å²) in [4.78, 5) is 1.31. The molecule has 1 fully saturated rings. The standard InChI is InChI=1S/C9H13NOS/c1-9(7-10-4-5-11-9)8-3-2-6-12-8/h2-3,6,10H,4-5,7H2,1H3. The molecule has 1 aromatic heterocycles. The van der Waals surface area contributed by atoms with E-state index in [9.17, 15) is 0 Å². The van der Waals surface area contributed by atoms with E-state index >= 15 is 0 Å². The maximum atomic E-state index is 5.76. The molecule has 0 aromatic carbocycles. The largest absolute Gasteiger partial charge is 0.367 e. The van der Waals surface area contributed by atoms with Gasteiger partial charge < -0.3 is 10.1 Å². The molecule has 1 saturated heterocycles. The number of morpholine rings is 1. The lowest BCUT2D eigenvalue weighted by Crippen LogP contribution is -2.44. The van der Waals surface area contributed by atoms with Gasteiger partial charge in [-0.05, 0) is 18.4 Å². The molecule has 2 heterocycles. The van der Waals surface area contributed by atoms with E-state index in [2.05, 4.69) is 29.8 Å². The molecule has 0 saturated carbocycles. The van der Waals surface area contributed by atoms with Crippen molar-refractivity contribution >= 4 is 11.3 Å². The van der Waals surface area contributed by atoms with Gasteiger partial charge in [-0.15, -0.1) is 11.3 Å². The van der Waals surface area contributed by atoms with Crippen LogP contribution in [0.15, 0.2) is 17.5 Å². The molecule has 0 amide bonds. The molecule has 0 bridgehead atoms. The van der Waals surface area contributed by atoms with Crippen LogP contribution in [0.1, 0.15) is 11.8 Å². The maximum absolute atomic E-state index is 5.76. The molecule has 1 N–H and O–H groups in total. The Bertz CT molecular complexity index is 239. The van der Waals surface area contributed by atoms with Crippen molar-refractivity contribution in [2.75, 3.05) is 19.7 Å². The fraction of sp³-hybridized carbons (Fsp3) is 0.556. The lowest BCUT2D eigenvalue weighted by molar-refractivity contribution is -0.0546. The monoisotopic (exact) mass is 183 g/mol. The van der Waals surface area contributed by atoms with Gasteiger partial charge >= 0.3 is 0 Å². The number of hydrogen-bond donors (Lipinski definition) is 1. The SMILES string of the molecule is CC1(c2cccs2)CNCCO1. The minimum absolute atomic E-state index is 0.0909. The third kappa shape index (κ3) is 1.40. The van der Waals surface area contributed by atoms with Crippen molar-refractivity contribution in [2.24, 2.45) is 0 Å². The summed E-state index contributed by atoms with van der Waals surface area (Å²) in [6.45, 7) is 4.86. The minimum atomic E-state index is -0.0909.